The van der Waals surface area contributed by atoms with Crippen LogP contribution in [0.3, 0.4) is 0 Å². The molecule has 23 heavy (non-hydrogen) atoms. The molecule has 0 fully saturated rings. The summed E-state index contributed by atoms with van der Waals surface area (Å²) in [4.78, 5) is 1.38. The van der Waals surface area contributed by atoms with Crippen LogP contribution in [0.25, 0.3) is 32.5 Å². The van der Waals surface area contributed by atoms with Gasteiger partial charge >= 0.3 is 0 Å². The molecule has 0 radical (unpaired) electrons. The van der Waals surface area contributed by atoms with Crippen LogP contribution in [-0.2, 0) is 6.54 Å². The highest BCUT2D eigenvalue weighted by Gasteiger charge is 2.29. The summed E-state index contributed by atoms with van der Waals surface area (Å²) in [5.74, 6) is 0. The Labute approximate surface area is 139 Å². The summed E-state index contributed by atoms with van der Waals surface area (Å²) < 4.78 is 3.77. The molecule has 2 aromatic carbocycles. The van der Waals surface area contributed by atoms with E-state index in [1.54, 1.807) is 0 Å². The number of benzene rings is 2. The summed E-state index contributed by atoms with van der Waals surface area (Å²) in [6.45, 7) is 3.16. The zero-order valence-corrected chi connectivity index (χ0v) is 13.7. The Morgan fingerprint density at radius 2 is 1.78 bits per heavy atom. The molecule has 0 bridgehead atoms. The van der Waals surface area contributed by atoms with E-state index < -0.39 is 0 Å². The first-order valence-electron chi connectivity index (χ1n) is 7.91. The molecule has 0 saturated carbocycles. The molecule has 0 spiro atoms. The predicted molar refractivity (Wildman–Crippen MR) is 96.7 cm³/mol. The number of thiophene rings is 1. The van der Waals surface area contributed by atoms with E-state index in [4.69, 9.17) is 0 Å². The average Bonchev–Trinajstić information content (AvgIpc) is 3.13. The van der Waals surface area contributed by atoms with Crippen molar-refractivity contribution in [3.8, 4) is 22.4 Å². The van der Waals surface area contributed by atoms with Crippen molar-refractivity contribution in [3.05, 3.63) is 77.3 Å². The van der Waals surface area contributed by atoms with Crippen LogP contribution in [0.4, 0.5) is 0 Å². The molecule has 1 aliphatic rings. The first-order chi connectivity index (χ1) is 11.3. The lowest BCUT2D eigenvalue weighted by Gasteiger charge is -2.03. The van der Waals surface area contributed by atoms with Crippen LogP contribution >= 0.6 is 11.3 Å². The van der Waals surface area contributed by atoms with Gasteiger partial charge in [0.15, 0.2) is 12.7 Å². The monoisotopic (exact) mass is 314 g/mol. The van der Waals surface area contributed by atoms with Crippen LogP contribution < -0.4 is 4.57 Å². The van der Waals surface area contributed by atoms with Crippen LogP contribution in [0.1, 0.15) is 10.4 Å². The highest BCUT2D eigenvalue weighted by Crippen LogP contribution is 2.37. The lowest BCUT2D eigenvalue weighted by Crippen LogP contribution is -2.31. The lowest BCUT2D eigenvalue weighted by atomic mass is 9.98. The lowest BCUT2D eigenvalue weighted by molar-refractivity contribution is -0.670. The van der Waals surface area contributed by atoms with Crippen molar-refractivity contribution in [1.82, 2.24) is 0 Å². The van der Waals surface area contributed by atoms with Crippen molar-refractivity contribution in [3.63, 3.8) is 0 Å². The van der Waals surface area contributed by atoms with Gasteiger partial charge < -0.3 is 0 Å². The number of hydrogen-bond acceptors (Lipinski definition) is 1. The maximum atomic E-state index is 2.38. The van der Waals surface area contributed by atoms with E-state index in [0.29, 0.717) is 0 Å². The van der Waals surface area contributed by atoms with Gasteiger partial charge in [0, 0.05) is 21.2 Å². The van der Waals surface area contributed by atoms with Crippen molar-refractivity contribution in [2.75, 3.05) is 0 Å². The van der Waals surface area contributed by atoms with Crippen molar-refractivity contribution < 1.29 is 4.57 Å². The molecule has 2 heteroatoms. The molecule has 0 N–H and O–H groups in total. The Morgan fingerprint density at radius 1 is 0.913 bits per heavy atom. The number of hydrogen-bond donors (Lipinski definition) is 0. The topological polar surface area (TPSA) is 3.88 Å². The van der Waals surface area contributed by atoms with Gasteiger partial charge in [0.2, 0.25) is 5.69 Å². The summed E-state index contributed by atoms with van der Waals surface area (Å²) in [5, 5.41) is 1.39. The molecule has 110 valence electrons. The molecule has 0 saturated heterocycles. The number of aromatic nitrogens is 1. The quantitative estimate of drug-likeness (QED) is 0.375. The Kier molecular flexibility index (Phi) is 2.70. The number of nitrogens with zero attached hydrogens (tertiary/aromatic N) is 1. The molecule has 5 rings (SSSR count). The first-order valence-corrected chi connectivity index (χ1v) is 8.72. The number of rotatable bonds is 1. The minimum atomic E-state index is 0.968. The summed E-state index contributed by atoms with van der Waals surface area (Å²) in [6, 6.07) is 22.1. The van der Waals surface area contributed by atoms with E-state index >= 15 is 0 Å². The van der Waals surface area contributed by atoms with Gasteiger partial charge in [0.1, 0.15) is 0 Å². The second-order valence-electron chi connectivity index (χ2n) is 6.17. The number of fused-ring (bicyclic) bond motifs is 5. The van der Waals surface area contributed by atoms with Gasteiger partial charge in [-0.05, 0) is 36.2 Å². The van der Waals surface area contributed by atoms with Crippen LogP contribution in [0.15, 0.2) is 66.9 Å². The molecule has 0 unspecified atom stereocenters. The second kappa shape index (κ2) is 4.77. The zero-order valence-electron chi connectivity index (χ0n) is 12.9. The Bertz CT molecular complexity index is 1040. The fraction of sp³-hybridized carbons (Fsp3) is 0.0952. The average molecular weight is 314 g/mol. The van der Waals surface area contributed by atoms with E-state index in [2.05, 4.69) is 78.4 Å². The largest absolute Gasteiger partial charge is 0.222 e. The molecule has 1 nitrogen and oxygen atoms in total. The molecule has 1 aliphatic heterocycles. The molecular formula is C21H16NS+. The van der Waals surface area contributed by atoms with Crippen molar-refractivity contribution >= 4 is 21.4 Å². The first kappa shape index (κ1) is 13.0. The van der Waals surface area contributed by atoms with E-state index in [0.717, 1.165) is 6.54 Å². The van der Waals surface area contributed by atoms with Crippen LogP contribution in [-0.4, -0.2) is 0 Å². The van der Waals surface area contributed by atoms with Gasteiger partial charge in [0.05, 0.1) is 10.9 Å². The molecule has 3 heterocycles. The number of pyridine rings is 1. The highest BCUT2D eigenvalue weighted by atomic mass is 32.1. The minimum absolute atomic E-state index is 0.968. The van der Waals surface area contributed by atoms with Gasteiger partial charge in [-0.1, -0.05) is 36.4 Å². The maximum Gasteiger partial charge on any atom is 0.222 e. The van der Waals surface area contributed by atoms with E-state index in [1.807, 2.05) is 11.3 Å². The van der Waals surface area contributed by atoms with Crippen molar-refractivity contribution in [2.45, 2.75) is 13.5 Å². The normalized spacial score (nSPS) is 12.4. The Hall–Kier alpha value is -2.45. The highest BCUT2D eigenvalue weighted by molar-refractivity contribution is 7.19. The zero-order chi connectivity index (χ0) is 15.4. The minimum Gasteiger partial charge on any atom is -0.193 e. The van der Waals surface area contributed by atoms with Crippen molar-refractivity contribution in [1.29, 1.82) is 0 Å². The van der Waals surface area contributed by atoms with Gasteiger partial charge in [-0.2, -0.15) is 4.57 Å². The number of aryl methyl sites for hydroxylation is 1. The standard InChI is InChI=1S/C21H16NS/c1-14-11-19-20(23-14)9-10-22-13-17-12-16(7-8-18(17)21(19)22)15-5-3-2-4-6-15/h2-12H,13H2,1H3/q+1. The van der Waals surface area contributed by atoms with Crippen LogP contribution in [0, 0.1) is 6.92 Å². The fourth-order valence-electron chi connectivity index (χ4n) is 3.61. The Balaban J connectivity index is 1.72. The molecule has 2 aromatic heterocycles. The molecule has 0 amide bonds. The van der Waals surface area contributed by atoms with E-state index in [9.17, 15) is 0 Å². The van der Waals surface area contributed by atoms with Crippen LogP contribution in [0.2, 0.25) is 0 Å². The van der Waals surface area contributed by atoms with E-state index in [-0.39, 0.29) is 0 Å². The second-order valence-corrected chi connectivity index (χ2v) is 7.45. The Morgan fingerprint density at radius 3 is 2.65 bits per heavy atom. The van der Waals surface area contributed by atoms with Crippen LogP contribution in [0.5, 0.6) is 0 Å². The van der Waals surface area contributed by atoms with Gasteiger partial charge in [-0.3, -0.25) is 0 Å². The molecule has 4 aromatic rings. The third-order valence-corrected chi connectivity index (χ3v) is 5.66. The molecular weight excluding hydrogens is 298 g/mol. The third-order valence-electron chi connectivity index (χ3n) is 4.64. The smallest absolute Gasteiger partial charge is 0.193 e. The van der Waals surface area contributed by atoms with Gasteiger partial charge in [-0.15, -0.1) is 11.3 Å². The fourth-order valence-corrected chi connectivity index (χ4v) is 4.53. The van der Waals surface area contributed by atoms with Crippen molar-refractivity contribution in [2.24, 2.45) is 0 Å². The predicted octanol–water partition coefficient (Wildman–Crippen LogP) is 5.19. The maximum absolute atomic E-state index is 2.38. The molecule has 0 atom stereocenters. The summed E-state index contributed by atoms with van der Waals surface area (Å²) >= 11 is 1.88. The summed E-state index contributed by atoms with van der Waals surface area (Å²) in [7, 11) is 0. The van der Waals surface area contributed by atoms with Gasteiger partial charge in [-0.25, -0.2) is 0 Å². The summed E-state index contributed by atoms with van der Waals surface area (Å²) in [5.41, 5.74) is 6.76. The summed E-state index contributed by atoms with van der Waals surface area (Å²) in [6.07, 6.45) is 2.23. The van der Waals surface area contributed by atoms with E-state index in [1.165, 1.54) is 42.9 Å². The van der Waals surface area contributed by atoms with Gasteiger partial charge in [0.25, 0.3) is 0 Å². The SMILES string of the molecule is Cc1cc2c3[n+](ccc2s1)Cc1cc(-c2ccccc2)ccc1-3. The third kappa shape index (κ3) is 1.95. The molecule has 0 aliphatic carbocycles.